The van der Waals surface area contributed by atoms with E-state index in [0.717, 1.165) is 25.8 Å². The Morgan fingerprint density at radius 1 is 1.11 bits per heavy atom. The molecule has 3 aromatic rings. The van der Waals surface area contributed by atoms with Crippen molar-refractivity contribution in [2.24, 2.45) is 13.0 Å². The van der Waals surface area contributed by atoms with Crippen LogP contribution < -0.4 is 4.90 Å². The van der Waals surface area contributed by atoms with Gasteiger partial charge >= 0.3 is 6.18 Å². The maximum atomic E-state index is 16.0. The molecule has 2 aromatic carbocycles. The standard InChI is InChI=1S/C32H36F5N5O2/c1-19(2)26-15-39(3)8-9-41(26)13-20-10-23-24(25(11-20)32(35,36)37)14-42(30(23)43)22-7-5-6-21(12-22)31(17-44-18-31)28(34)29-38-27(33)16-40(29)4/h5-7,10-12,16,19,26,28H,8-9,13-15,17-18H2,1-4H3/t26-,28-/m1/s1. The number of halogens is 5. The van der Waals surface area contributed by atoms with E-state index in [-0.39, 0.29) is 42.8 Å². The lowest BCUT2D eigenvalue weighted by molar-refractivity contribution is -0.138. The number of carbonyl (C=O) groups is 1. The molecule has 0 aliphatic carbocycles. The third-order valence-corrected chi connectivity index (χ3v) is 9.35. The number of aromatic nitrogens is 2. The summed E-state index contributed by atoms with van der Waals surface area (Å²) in [7, 11) is 3.54. The van der Waals surface area contributed by atoms with Gasteiger partial charge in [0.05, 0.1) is 36.9 Å². The average molecular weight is 618 g/mol. The third kappa shape index (κ3) is 5.30. The lowest BCUT2D eigenvalue weighted by Gasteiger charge is -2.44. The molecule has 2 atom stereocenters. The number of rotatable bonds is 7. The number of alkyl halides is 4. The second kappa shape index (κ2) is 11.2. The number of aryl methyl sites for hydroxylation is 1. The molecule has 1 aromatic heterocycles. The van der Waals surface area contributed by atoms with Crippen molar-refractivity contribution in [1.82, 2.24) is 19.4 Å². The average Bonchev–Trinajstić information content (AvgIpc) is 3.45. The van der Waals surface area contributed by atoms with E-state index in [1.165, 1.54) is 22.6 Å². The highest BCUT2D eigenvalue weighted by Gasteiger charge is 2.51. The van der Waals surface area contributed by atoms with Crippen molar-refractivity contribution >= 4 is 11.6 Å². The molecule has 44 heavy (non-hydrogen) atoms. The van der Waals surface area contributed by atoms with Crippen LogP contribution in [0.5, 0.6) is 0 Å². The van der Waals surface area contributed by atoms with Gasteiger partial charge in [-0.1, -0.05) is 26.0 Å². The van der Waals surface area contributed by atoms with Crippen LogP contribution in [0.1, 0.15) is 58.5 Å². The van der Waals surface area contributed by atoms with E-state index in [1.807, 2.05) is 7.05 Å². The van der Waals surface area contributed by atoms with E-state index in [4.69, 9.17) is 4.74 Å². The summed E-state index contributed by atoms with van der Waals surface area (Å²) in [5.74, 6) is -1.13. The van der Waals surface area contributed by atoms with E-state index >= 15 is 4.39 Å². The number of nitrogens with zero attached hydrogens (tertiary/aromatic N) is 5. The van der Waals surface area contributed by atoms with E-state index < -0.39 is 35.2 Å². The summed E-state index contributed by atoms with van der Waals surface area (Å²) < 4.78 is 79.7. The fraction of sp³-hybridized carbons (Fsp3) is 0.500. The molecule has 0 spiro atoms. The maximum Gasteiger partial charge on any atom is 0.416 e. The number of imidazole rings is 1. The first-order valence-corrected chi connectivity index (χ1v) is 14.8. The Bertz CT molecular complexity index is 1570. The number of hydrogen-bond acceptors (Lipinski definition) is 5. The van der Waals surface area contributed by atoms with Crippen LogP contribution in [0.15, 0.2) is 42.6 Å². The Balaban J connectivity index is 1.32. The minimum absolute atomic E-state index is 0.00547. The first-order chi connectivity index (χ1) is 20.8. The maximum absolute atomic E-state index is 16.0. The van der Waals surface area contributed by atoms with Gasteiger partial charge in [0, 0.05) is 50.5 Å². The van der Waals surface area contributed by atoms with Crippen LogP contribution in [0.25, 0.3) is 0 Å². The summed E-state index contributed by atoms with van der Waals surface area (Å²) in [6.07, 6.45) is -5.27. The summed E-state index contributed by atoms with van der Waals surface area (Å²) in [4.78, 5) is 23.2. The second-order valence-electron chi connectivity index (χ2n) is 12.7. The number of fused-ring (bicyclic) bond motifs is 1. The minimum atomic E-state index is -4.65. The second-order valence-corrected chi connectivity index (χ2v) is 12.7. The molecule has 1 amide bonds. The largest absolute Gasteiger partial charge is 0.416 e. The van der Waals surface area contributed by atoms with E-state index in [1.54, 1.807) is 30.3 Å². The summed E-state index contributed by atoms with van der Waals surface area (Å²) in [5, 5.41) is 0. The highest BCUT2D eigenvalue weighted by Crippen LogP contribution is 2.47. The first-order valence-electron chi connectivity index (χ1n) is 14.8. The molecule has 4 heterocycles. The molecule has 0 unspecified atom stereocenters. The molecule has 12 heteroatoms. The van der Waals surface area contributed by atoms with Crippen LogP contribution in [0, 0.1) is 11.9 Å². The van der Waals surface area contributed by atoms with Crippen LogP contribution in [-0.4, -0.2) is 71.2 Å². The molecular formula is C32H36F5N5O2. The normalized spacial score (nSPS) is 21.5. The Labute approximate surface area is 253 Å². The van der Waals surface area contributed by atoms with Crippen molar-refractivity contribution in [3.63, 3.8) is 0 Å². The number of anilines is 1. The highest BCUT2D eigenvalue weighted by atomic mass is 19.4. The Morgan fingerprint density at radius 3 is 2.48 bits per heavy atom. The van der Waals surface area contributed by atoms with Gasteiger partial charge < -0.3 is 19.1 Å². The van der Waals surface area contributed by atoms with Crippen molar-refractivity contribution < 1.29 is 31.5 Å². The number of piperazine rings is 1. The Kier molecular flexibility index (Phi) is 7.82. The fourth-order valence-electron chi connectivity index (χ4n) is 6.77. The predicted molar refractivity (Wildman–Crippen MR) is 154 cm³/mol. The monoisotopic (exact) mass is 617 g/mol. The number of carbonyl (C=O) groups excluding carboxylic acids is 1. The Hall–Kier alpha value is -3.35. The van der Waals surface area contributed by atoms with Crippen LogP contribution >= 0.6 is 0 Å². The molecule has 236 valence electrons. The van der Waals surface area contributed by atoms with Gasteiger partial charge in [-0.3, -0.25) is 9.69 Å². The summed E-state index contributed by atoms with van der Waals surface area (Å²) in [5.41, 5.74) is -0.737. The summed E-state index contributed by atoms with van der Waals surface area (Å²) in [6.45, 7) is 6.62. The summed E-state index contributed by atoms with van der Waals surface area (Å²) >= 11 is 0. The van der Waals surface area contributed by atoms with Gasteiger partial charge in [-0.2, -0.15) is 17.6 Å². The van der Waals surface area contributed by atoms with Crippen LogP contribution in [0.2, 0.25) is 0 Å². The quantitative estimate of drug-likeness (QED) is 0.329. The van der Waals surface area contributed by atoms with Gasteiger partial charge in [0.2, 0.25) is 5.95 Å². The molecule has 3 aliphatic rings. The minimum Gasteiger partial charge on any atom is -0.379 e. The van der Waals surface area contributed by atoms with E-state index in [2.05, 4.69) is 28.6 Å². The van der Waals surface area contributed by atoms with Crippen molar-refractivity contribution in [2.75, 3.05) is 44.8 Å². The number of amides is 1. The SMILES string of the molecule is CC(C)[C@H]1CN(C)CCN1Cc1cc2c(c(C(F)(F)F)c1)CN(c1cccc(C3([C@H](F)c4nc(F)cn4C)COC3)c1)C2=O. The molecule has 2 fully saturated rings. The molecular weight excluding hydrogens is 581 g/mol. The number of hydrogen-bond donors (Lipinski definition) is 0. The van der Waals surface area contributed by atoms with Crippen LogP contribution in [0.3, 0.4) is 0 Å². The molecule has 2 saturated heterocycles. The molecule has 0 bridgehead atoms. The zero-order chi connectivity index (χ0) is 31.6. The molecule has 7 nitrogen and oxygen atoms in total. The fourth-order valence-corrected chi connectivity index (χ4v) is 6.77. The molecule has 3 aliphatic heterocycles. The topological polar surface area (TPSA) is 53.8 Å². The predicted octanol–water partition coefficient (Wildman–Crippen LogP) is 5.49. The summed E-state index contributed by atoms with van der Waals surface area (Å²) in [6, 6.07) is 9.52. The molecule has 0 saturated carbocycles. The number of benzene rings is 2. The lowest BCUT2D eigenvalue weighted by atomic mass is 9.74. The van der Waals surface area contributed by atoms with Gasteiger partial charge in [0.1, 0.15) is 5.82 Å². The van der Waals surface area contributed by atoms with E-state index in [9.17, 15) is 22.4 Å². The zero-order valence-corrected chi connectivity index (χ0v) is 25.2. The Morgan fingerprint density at radius 2 is 1.86 bits per heavy atom. The van der Waals surface area contributed by atoms with Gasteiger partial charge in [-0.25, -0.2) is 9.37 Å². The van der Waals surface area contributed by atoms with Gasteiger partial charge in [-0.05, 0) is 53.9 Å². The van der Waals surface area contributed by atoms with Crippen molar-refractivity contribution in [2.45, 2.75) is 50.7 Å². The molecule has 0 radical (unpaired) electrons. The first kappa shape index (κ1) is 30.7. The van der Waals surface area contributed by atoms with Gasteiger partial charge in [0.25, 0.3) is 5.91 Å². The zero-order valence-electron chi connectivity index (χ0n) is 25.2. The van der Waals surface area contributed by atoms with Crippen molar-refractivity contribution in [1.29, 1.82) is 0 Å². The smallest absolute Gasteiger partial charge is 0.379 e. The van der Waals surface area contributed by atoms with Crippen LogP contribution in [0.4, 0.5) is 27.6 Å². The van der Waals surface area contributed by atoms with Gasteiger partial charge in [0.15, 0.2) is 6.17 Å². The number of ether oxygens (including phenoxy) is 1. The van der Waals surface area contributed by atoms with Crippen LogP contribution in [-0.2, 0) is 36.5 Å². The lowest BCUT2D eigenvalue weighted by Crippen LogP contribution is -2.53. The van der Waals surface area contributed by atoms with E-state index in [0.29, 0.717) is 29.3 Å². The van der Waals surface area contributed by atoms with Crippen molar-refractivity contribution in [3.8, 4) is 0 Å². The third-order valence-electron chi connectivity index (χ3n) is 9.35. The highest BCUT2D eigenvalue weighted by molar-refractivity contribution is 6.10. The van der Waals surface area contributed by atoms with Gasteiger partial charge in [-0.15, -0.1) is 0 Å². The number of likely N-dealkylation sites (N-methyl/N-ethyl adjacent to an activating group) is 1. The molecule has 0 N–H and O–H groups in total. The van der Waals surface area contributed by atoms with Crippen molar-refractivity contribution in [3.05, 3.63) is 82.2 Å². The molecule has 6 rings (SSSR count).